The molecule has 5 aromatic carbocycles. The maximum Gasteiger partial charge on any atom is 0.135 e. The molecule has 0 amide bonds. The molecule has 0 bridgehead atoms. The summed E-state index contributed by atoms with van der Waals surface area (Å²) in [5, 5.41) is 4.81. The Kier molecular flexibility index (Phi) is 4.51. The van der Waals surface area contributed by atoms with E-state index in [1.165, 1.54) is 20.2 Å². The molecule has 162 valence electrons. The second kappa shape index (κ2) is 7.73. The third-order valence-corrected chi connectivity index (χ3v) is 7.95. The summed E-state index contributed by atoms with van der Waals surface area (Å²) in [6.45, 7) is 0. The Balaban J connectivity index is 1.48. The summed E-state index contributed by atoms with van der Waals surface area (Å²) < 4.78 is 9.77. The molecule has 7 rings (SSSR count). The van der Waals surface area contributed by atoms with E-state index in [9.17, 15) is 0 Å². The summed E-state index contributed by atoms with van der Waals surface area (Å²) in [5.74, 6) is 0. The lowest BCUT2D eigenvalue weighted by Crippen LogP contribution is -2.09. The highest BCUT2D eigenvalue weighted by atomic mass is 79.9. The van der Waals surface area contributed by atoms with Gasteiger partial charge in [0.2, 0.25) is 0 Å². The number of benzene rings is 5. The predicted octanol–water partition coefficient (Wildman–Crippen LogP) is 10.2. The van der Waals surface area contributed by atoms with Crippen LogP contribution in [0.4, 0.5) is 17.1 Å². The van der Waals surface area contributed by atoms with E-state index in [4.69, 9.17) is 4.42 Å². The topological polar surface area (TPSA) is 16.4 Å². The zero-order valence-electron chi connectivity index (χ0n) is 18.0. The van der Waals surface area contributed by atoms with Crippen molar-refractivity contribution in [3.63, 3.8) is 0 Å². The van der Waals surface area contributed by atoms with Gasteiger partial charge in [-0.1, -0.05) is 52.3 Å². The quantitative estimate of drug-likeness (QED) is 0.230. The van der Waals surface area contributed by atoms with Crippen molar-refractivity contribution in [3.8, 4) is 0 Å². The highest BCUT2D eigenvalue weighted by Gasteiger charge is 2.16. The van der Waals surface area contributed by atoms with Gasteiger partial charge in [-0.05, 0) is 72.8 Å². The number of anilines is 3. The fourth-order valence-corrected chi connectivity index (χ4v) is 6.18. The van der Waals surface area contributed by atoms with Crippen molar-refractivity contribution in [1.82, 2.24) is 0 Å². The standard InChI is InChI=1S/C30H18BrNOS/c31-19-10-14-29-25(16-19)26-18-22(12-15-30(26)34-29)32(20-6-2-1-3-7-20)21-11-13-28-24(17-21)23-8-4-5-9-27(23)33-28/h1-18H. The second-order valence-electron chi connectivity index (χ2n) is 8.37. The molecule has 0 spiro atoms. The third-order valence-electron chi connectivity index (χ3n) is 6.31. The van der Waals surface area contributed by atoms with Crippen LogP contribution in [-0.4, -0.2) is 0 Å². The lowest BCUT2D eigenvalue weighted by molar-refractivity contribution is 0.669. The number of fused-ring (bicyclic) bond motifs is 6. The molecule has 4 heteroatoms. The van der Waals surface area contributed by atoms with Gasteiger partial charge in [-0.3, -0.25) is 0 Å². The summed E-state index contributed by atoms with van der Waals surface area (Å²) in [5.41, 5.74) is 5.17. The monoisotopic (exact) mass is 519 g/mol. The number of furan rings is 1. The molecule has 0 N–H and O–H groups in total. The molecule has 2 aromatic heterocycles. The summed E-state index contributed by atoms with van der Waals surface area (Å²) in [7, 11) is 0. The number of nitrogens with zero attached hydrogens (tertiary/aromatic N) is 1. The Morgan fingerprint density at radius 1 is 0.529 bits per heavy atom. The first-order valence-corrected chi connectivity index (χ1v) is 12.7. The fourth-order valence-electron chi connectivity index (χ4n) is 4.75. The van der Waals surface area contributed by atoms with Gasteiger partial charge in [0.15, 0.2) is 0 Å². The Hall–Kier alpha value is -3.60. The highest BCUT2D eigenvalue weighted by Crippen LogP contribution is 2.42. The lowest BCUT2D eigenvalue weighted by Gasteiger charge is -2.25. The van der Waals surface area contributed by atoms with Gasteiger partial charge in [-0.15, -0.1) is 11.3 Å². The molecule has 0 aliphatic heterocycles. The predicted molar refractivity (Wildman–Crippen MR) is 149 cm³/mol. The third kappa shape index (κ3) is 3.14. The van der Waals surface area contributed by atoms with Gasteiger partial charge in [-0.2, -0.15) is 0 Å². The van der Waals surface area contributed by atoms with E-state index in [1.807, 2.05) is 23.5 Å². The summed E-state index contributed by atoms with van der Waals surface area (Å²) in [6, 6.07) is 38.5. The maximum absolute atomic E-state index is 6.08. The van der Waals surface area contributed by atoms with Crippen LogP contribution in [0.5, 0.6) is 0 Å². The molecule has 0 atom stereocenters. The molecule has 0 aliphatic carbocycles. The summed E-state index contributed by atoms with van der Waals surface area (Å²) in [4.78, 5) is 2.32. The van der Waals surface area contributed by atoms with E-state index < -0.39 is 0 Å². The van der Waals surface area contributed by atoms with Crippen molar-refractivity contribution in [2.24, 2.45) is 0 Å². The summed E-state index contributed by atoms with van der Waals surface area (Å²) >= 11 is 5.48. The largest absolute Gasteiger partial charge is 0.456 e. The van der Waals surface area contributed by atoms with Crippen LogP contribution in [0.15, 0.2) is 118 Å². The molecular formula is C30H18BrNOS. The van der Waals surface area contributed by atoms with Crippen molar-refractivity contribution in [1.29, 1.82) is 0 Å². The van der Waals surface area contributed by atoms with Gasteiger partial charge in [0.05, 0.1) is 0 Å². The van der Waals surface area contributed by atoms with Crippen LogP contribution >= 0.6 is 27.3 Å². The van der Waals surface area contributed by atoms with Crippen LogP contribution in [0.2, 0.25) is 0 Å². The van der Waals surface area contributed by atoms with Crippen LogP contribution < -0.4 is 4.90 Å². The molecule has 34 heavy (non-hydrogen) atoms. The second-order valence-corrected chi connectivity index (χ2v) is 10.4. The molecule has 2 nitrogen and oxygen atoms in total. The first kappa shape index (κ1) is 19.8. The summed E-state index contributed by atoms with van der Waals surface area (Å²) in [6.07, 6.45) is 0. The molecule has 0 saturated carbocycles. The van der Waals surface area contributed by atoms with Gasteiger partial charge < -0.3 is 9.32 Å². The smallest absolute Gasteiger partial charge is 0.135 e. The van der Waals surface area contributed by atoms with Gasteiger partial charge in [-0.25, -0.2) is 0 Å². The van der Waals surface area contributed by atoms with Gasteiger partial charge >= 0.3 is 0 Å². The normalized spacial score (nSPS) is 11.7. The average Bonchev–Trinajstić information content (AvgIpc) is 3.42. The minimum atomic E-state index is 0.905. The maximum atomic E-state index is 6.08. The number of hydrogen-bond acceptors (Lipinski definition) is 3. The van der Waals surface area contributed by atoms with Crippen LogP contribution in [-0.2, 0) is 0 Å². The highest BCUT2D eigenvalue weighted by molar-refractivity contribution is 9.10. The van der Waals surface area contributed by atoms with Crippen molar-refractivity contribution < 1.29 is 4.42 Å². The Labute approximate surface area is 208 Å². The molecule has 0 radical (unpaired) electrons. The zero-order valence-corrected chi connectivity index (χ0v) is 20.4. The Bertz CT molecular complexity index is 1830. The van der Waals surface area contributed by atoms with Gasteiger partial charge in [0, 0.05) is 52.5 Å². The van der Waals surface area contributed by atoms with Crippen molar-refractivity contribution in [2.75, 3.05) is 4.90 Å². The van der Waals surface area contributed by atoms with Crippen LogP contribution in [0.1, 0.15) is 0 Å². The van der Waals surface area contributed by atoms with Crippen LogP contribution in [0, 0.1) is 0 Å². The zero-order chi connectivity index (χ0) is 22.6. The molecule has 7 aromatic rings. The fraction of sp³-hybridized carbons (Fsp3) is 0. The molecule has 0 aliphatic rings. The van der Waals surface area contributed by atoms with E-state index in [-0.39, 0.29) is 0 Å². The van der Waals surface area contributed by atoms with E-state index in [0.29, 0.717) is 0 Å². The first-order chi connectivity index (χ1) is 16.7. The van der Waals surface area contributed by atoms with Crippen molar-refractivity contribution in [2.45, 2.75) is 0 Å². The Morgan fingerprint density at radius 3 is 2.03 bits per heavy atom. The molecular weight excluding hydrogens is 502 g/mol. The minimum absolute atomic E-state index is 0.905. The number of halogens is 1. The van der Waals surface area contributed by atoms with Crippen molar-refractivity contribution in [3.05, 3.63) is 114 Å². The molecule has 0 unspecified atom stereocenters. The Morgan fingerprint density at radius 2 is 1.18 bits per heavy atom. The number of hydrogen-bond donors (Lipinski definition) is 0. The average molecular weight is 520 g/mol. The minimum Gasteiger partial charge on any atom is -0.456 e. The van der Waals surface area contributed by atoms with Gasteiger partial charge in [0.1, 0.15) is 11.2 Å². The van der Waals surface area contributed by atoms with Gasteiger partial charge in [0.25, 0.3) is 0 Å². The lowest BCUT2D eigenvalue weighted by atomic mass is 10.1. The number of thiophene rings is 1. The molecule has 0 saturated heterocycles. The van der Waals surface area contributed by atoms with Crippen LogP contribution in [0.3, 0.4) is 0 Å². The van der Waals surface area contributed by atoms with Crippen LogP contribution in [0.25, 0.3) is 42.1 Å². The SMILES string of the molecule is Brc1ccc2sc3ccc(N(c4ccccc4)c4ccc5oc6ccccc6c5c4)cc3c2c1. The van der Waals surface area contributed by atoms with Crippen molar-refractivity contribution >= 4 is 86.4 Å². The van der Waals surface area contributed by atoms with E-state index in [1.54, 1.807) is 0 Å². The molecule has 2 heterocycles. The number of para-hydroxylation sites is 2. The van der Waals surface area contributed by atoms with E-state index >= 15 is 0 Å². The first-order valence-electron chi connectivity index (χ1n) is 11.1. The molecule has 0 fully saturated rings. The van der Waals surface area contributed by atoms with E-state index in [0.717, 1.165) is 43.5 Å². The van der Waals surface area contributed by atoms with E-state index in [2.05, 4.69) is 118 Å². The number of rotatable bonds is 3.